The minimum Gasteiger partial charge on any atom is -0.388 e. The number of carbonyl (C=O) groups excluding carboxylic acids is 1. The lowest BCUT2D eigenvalue weighted by Gasteiger charge is -1.96. The summed E-state index contributed by atoms with van der Waals surface area (Å²) in [6, 6.07) is 0. The third-order valence-corrected chi connectivity index (χ3v) is 2.30. The summed E-state index contributed by atoms with van der Waals surface area (Å²) in [5, 5.41) is 12.2. The zero-order valence-electron chi connectivity index (χ0n) is 6.87. The van der Waals surface area contributed by atoms with Gasteiger partial charge < -0.3 is 10.4 Å². The van der Waals surface area contributed by atoms with Crippen molar-refractivity contribution in [3.05, 3.63) is 11.1 Å². The third kappa shape index (κ3) is 2.28. The average molecular weight is 186 g/mol. The molecule has 1 amide bonds. The van der Waals surface area contributed by atoms with Gasteiger partial charge in [0, 0.05) is 13.1 Å². The Morgan fingerprint density at radius 2 is 2.50 bits per heavy atom. The van der Waals surface area contributed by atoms with Crippen LogP contribution in [0.4, 0.5) is 5.13 Å². The van der Waals surface area contributed by atoms with Crippen LogP contribution in [0.15, 0.2) is 6.20 Å². The minimum atomic E-state index is -0.523. The van der Waals surface area contributed by atoms with Gasteiger partial charge in [-0.15, -0.1) is 0 Å². The number of aliphatic hydroxyl groups is 1. The SMILES string of the molecule is CC(=O)Nc1ncc(C(C)O)s1. The van der Waals surface area contributed by atoms with E-state index in [9.17, 15) is 4.79 Å². The highest BCUT2D eigenvalue weighted by molar-refractivity contribution is 7.15. The number of nitrogens with zero attached hydrogens (tertiary/aromatic N) is 1. The molecule has 2 N–H and O–H groups in total. The summed E-state index contributed by atoms with van der Waals surface area (Å²) in [5.41, 5.74) is 0. The van der Waals surface area contributed by atoms with Crippen LogP contribution in [0.3, 0.4) is 0 Å². The largest absolute Gasteiger partial charge is 0.388 e. The van der Waals surface area contributed by atoms with Gasteiger partial charge in [-0.3, -0.25) is 4.79 Å². The van der Waals surface area contributed by atoms with E-state index >= 15 is 0 Å². The molecule has 1 unspecified atom stereocenters. The lowest BCUT2D eigenvalue weighted by molar-refractivity contribution is -0.114. The van der Waals surface area contributed by atoms with Crippen LogP contribution in [0.1, 0.15) is 24.8 Å². The van der Waals surface area contributed by atoms with Gasteiger partial charge in [0.2, 0.25) is 5.91 Å². The Balaban J connectivity index is 2.70. The van der Waals surface area contributed by atoms with Gasteiger partial charge in [-0.05, 0) is 6.92 Å². The normalized spacial score (nSPS) is 12.6. The fourth-order valence-corrected chi connectivity index (χ4v) is 1.49. The topological polar surface area (TPSA) is 62.2 Å². The van der Waals surface area contributed by atoms with Crippen molar-refractivity contribution in [3.63, 3.8) is 0 Å². The predicted molar refractivity (Wildman–Crippen MR) is 47.1 cm³/mol. The number of amides is 1. The Morgan fingerprint density at radius 3 is 2.92 bits per heavy atom. The molecular formula is C7H10N2O2S. The van der Waals surface area contributed by atoms with Crippen molar-refractivity contribution >= 4 is 22.4 Å². The van der Waals surface area contributed by atoms with Gasteiger partial charge in [0.15, 0.2) is 5.13 Å². The van der Waals surface area contributed by atoms with Crippen LogP contribution < -0.4 is 5.32 Å². The van der Waals surface area contributed by atoms with Gasteiger partial charge >= 0.3 is 0 Å². The fraction of sp³-hybridized carbons (Fsp3) is 0.429. The Hall–Kier alpha value is -0.940. The molecule has 0 saturated carbocycles. The van der Waals surface area contributed by atoms with Crippen molar-refractivity contribution in [2.24, 2.45) is 0 Å². The third-order valence-electron chi connectivity index (χ3n) is 1.22. The Bertz CT molecular complexity index is 283. The first-order valence-corrected chi connectivity index (χ1v) is 4.32. The van der Waals surface area contributed by atoms with Crippen LogP contribution in [0, 0.1) is 0 Å². The second-order valence-corrected chi connectivity index (χ2v) is 3.49. The van der Waals surface area contributed by atoms with Crippen LogP contribution in [-0.4, -0.2) is 16.0 Å². The molecule has 0 aromatic carbocycles. The lowest BCUT2D eigenvalue weighted by Crippen LogP contribution is -2.04. The number of nitrogens with one attached hydrogen (secondary N) is 1. The Labute approximate surface area is 74.3 Å². The first-order chi connectivity index (χ1) is 5.59. The Morgan fingerprint density at radius 1 is 1.83 bits per heavy atom. The molecule has 5 heteroatoms. The maximum absolute atomic E-state index is 10.6. The van der Waals surface area contributed by atoms with Crippen molar-refractivity contribution in [3.8, 4) is 0 Å². The summed E-state index contributed by atoms with van der Waals surface area (Å²) < 4.78 is 0. The monoisotopic (exact) mass is 186 g/mol. The number of hydrogen-bond donors (Lipinski definition) is 2. The molecule has 1 aromatic heterocycles. The van der Waals surface area contributed by atoms with Gasteiger partial charge in [0.05, 0.1) is 11.0 Å². The van der Waals surface area contributed by atoms with E-state index in [0.29, 0.717) is 5.13 Å². The molecule has 0 spiro atoms. The van der Waals surface area contributed by atoms with E-state index in [1.807, 2.05) is 0 Å². The second-order valence-electron chi connectivity index (χ2n) is 2.42. The summed E-state index contributed by atoms with van der Waals surface area (Å²) >= 11 is 1.28. The lowest BCUT2D eigenvalue weighted by atomic mass is 10.4. The number of rotatable bonds is 2. The molecular weight excluding hydrogens is 176 g/mol. The molecule has 1 heterocycles. The van der Waals surface area contributed by atoms with E-state index in [0.717, 1.165) is 4.88 Å². The van der Waals surface area contributed by atoms with E-state index < -0.39 is 6.10 Å². The number of carbonyl (C=O) groups is 1. The highest BCUT2D eigenvalue weighted by atomic mass is 32.1. The molecule has 1 atom stereocenters. The van der Waals surface area contributed by atoms with E-state index in [2.05, 4.69) is 10.3 Å². The molecule has 0 saturated heterocycles. The zero-order valence-corrected chi connectivity index (χ0v) is 7.68. The van der Waals surface area contributed by atoms with Crippen molar-refractivity contribution in [2.45, 2.75) is 20.0 Å². The van der Waals surface area contributed by atoms with Crippen molar-refractivity contribution < 1.29 is 9.90 Å². The number of aromatic nitrogens is 1. The maximum Gasteiger partial charge on any atom is 0.223 e. The maximum atomic E-state index is 10.6. The van der Waals surface area contributed by atoms with Crippen LogP contribution in [0.2, 0.25) is 0 Å². The van der Waals surface area contributed by atoms with Crippen LogP contribution in [-0.2, 0) is 4.79 Å². The summed E-state index contributed by atoms with van der Waals surface area (Å²) in [6.45, 7) is 3.08. The van der Waals surface area contributed by atoms with Crippen LogP contribution in [0.5, 0.6) is 0 Å². The molecule has 0 bridgehead atoms. The van der Waals surface area contributed by atoms with Crippen molar-refractivity contribution in [1.29, 1.82) is 0 Å². The highest BCUT2D eigenvalue weighted by Crippen LogP contribution is 2.23. The van der Waals surface area contributed by atoms with Gasteiger partial charge in [-0.1, -0.05) is 11.3 Å². The first kappa shape index (κ1) is 9.15. The van der Waals surface area contributed by atoms with Crippen molar-refractivity contribution in [2.75, 3.05) is 5.32 Å². The molecule has 1 rings (SSSR count). The number of thiazole rings is 1. The fourth-order valence-electron chi connectivity index (χ4n) is 0.688. The van der Waals surface area contributed by atoms with Crippen molar-refractivity contribution in [1.82, 2.24) is 4.98 Å². The molecule has 0 aliphatic rings. The van der Waals surface area contributed by atoms with E-state index in [-0.39, 0.29) is 5.91 Å². The van der Waals surface area contributed by atoms with E-state index in [1.165, 1.54) is 18.3 Å². The van der Waals surface area contributed by atoms with Crippen LogP contribution in [0.25, 0.3) is 0 Å². The quantitative estimate of drug-likeness (QED) is 0.728. The van der Waals surface area contributed by atoms with Crippen LogP contribution >= 0.6 is 11.3 Å². The number of hydrogen-bond acceptors (Lipinski definition) is 4. The Kier molecular flexibility index (Phi) is 2.78. The zero-order chi connectivity index (χ0) is 9.14. The molecule has 0 aliphatic carbocycles. The number of aliphatic hydroxyl groups excluding tert-OH is 1. The van der Waals surface area contributed by atoms with Gasteiger partial charge in [0.1, 0.15) is 0 Å². The molecule has 0 radical (unpaired) electrons. The molecule has 0 fully saturated rings. The smallest absolute Gasteiger partial charge is 0.223 e. The molecule has 12 heavy (non-hydrogen) atoms. The molecule has 66 valence electrons. The van der Waals surface area contributed by atoms with E-state index in [4.69, 9.17) is 5.11 Å². The summed E-state index contributed by atoms with van der Waals surface area (Å²) in [5.74, 6) is -0.151. The minimum absolute atomic E-state index is 0.151. The standard InChI is InChI=1S/C7H10N2O2S/c1-4(10)6-3-8-7(12-6)9-5(2)11/h3-4,10H,1-2H3,(H,8,9,11). The summed E-state index contributed by atoms with van der Waals surface area (Å²) in [7, 11) is 0. The van der Waals surface area contributed by atoms with Gasteiger partial charge in [-0.25, -0.2) is 4.98 Å². The number of anilines is 1. The molecule has 1 aromatic rings. The van der Waals surface area contributed by atoms with Gasteiger partial charge in [-0.2, -0.15) is 0 Å². The second kappa shape index (κ2) is 3.64. The predicted octanol–water partition coefficient (Wildman–Crippen LogP) is 1.15. The summed E-state index contributed by atoms with van der Waals surface area (Å²) in [4.78, 5) is 15.2. The highest BCUT2D eigenvalue weighted by Gasteiger charge is 2.06. The van der Waals surface area contributed by atoms with E-state index in [1.54, 1.807) is 13.1 Å². The average Bonchev–Trinajstić information content (AvgIpc) is 2.34. The first-order valence-electron chi connectivity index (χ1n) is 3.51. The molecule has 4 nitrogen and oxygen atoms in total. The molecule has 0 aliphatic heterocycles. The van der Waals surface area contributed by atoms with Gasteiger partial charge in [0.25, 0.3) is 0 Å². The summed E-state index contributed by atoms with van der Waals surface area (Å²) in [6.07, 6.45) is 1.03.